The Bertz CT molecular complexity index is 1400. The molecule has 1 N–H and O–H groups in total. The summed E-state index contributed by atoms with van der Waals surface area (Å²) in [6, 6.07) is 4.80. The Hall–Kier alpha value is -2.97. The average Bonchev–Trinajstić information content (AvgIpc) is 2.88. The summed E-state index contributed by atoms with van der Waals surface area (Å²) in [6.07, 6.45) is 0.912. The predicted octanol–water partition coefficient (Wildman–Crippen LogP) is 4.74. The molecule has 3 unspecified atom stereocenters. The van der Waals surface area contributed by atoms with Crippen molar-refractivity contribution in [1.29, 1.82) is 0 Å². The first-order valence-electron chi connectivity index (χ1n) is 12.7. The van der Waals surface area contributed by atoms with E-state index in [1.54, 1.807) is 27.3 Å². The lowest BCUT2D eigenvalue weighted by Crippen LogP contribution is -2.44. The number of benzene rings is 1. The van der Waals surface area contributed by atoms with Gasteiger partial charge in [-0.3, -0.25) is 14.2 Å². The van der Waals surface area contributed by atoms with Crippen molar-refractivity contribution in [3.63, 3.8) is 0 Å². The highest BCUT2D eigenvalue weighted by atomic mass is 35.5. The molecule has 0 saturated heterocycles. The van der Waals surface area contributed by atoms with Gasteiger partial charge in [0.2, 0.25) is 5.95 Å². The zero-order valence-corrected chi connectivity index (χ0v) is 23.8. The molecule has 1 aromatic carbocycles. The van der Waals surface area contributed by atoms with Gasteiger partial charge in [-0.25, -0.2) is 9.78 Å². The Morgan fingerprint density at radius 2 is 2.00 bits per heavy atom. The second-order valence-corrected chi connectivity index (χ2v) is 11.2. The molecule has 3 atom stereocenters. The van der Waals surface area contributed by atoms with Gasteiger partial charge in [0.1, 0.15) is 5.69 Å². The van der Waals surface area contributed by atoms with Crippen LogP contribution in [0.25, 0.3) is 0 Å². The third kappa shape index (κ3) is 5.16. The van der Waals surface area contributed by atoms with Gasteiger partial charge >= 0.3 is 11.9 Å². The summed E-state index contributed by atoms with van der Waals surface area (Å²) in [6.45, 7) is 12.4. The third-order valence-electron chi connectivity index (χ3n) is 7.57. The molecule has 38 heavy (non-hydrogen) atoms. The molecule has 1 saturated carbocycles. The van der Waals surface area contributed by atoms with Crippen LogP contribution in [0.15, 0.2) is 35.1 Å². The van der Waals surface area contributed by atoms with E-state index in [1.165, 1.54) is 7.11 Å². The zero-order chi connectivity index (χ0) is 27.9. The summed E-state index contributed by atoms with van der Waals surface area (Å²) in [5, 5.41) is 3.97. The normalized spacial score (nSPS) is 20.7. The first kappa shape index (κ1) is 28.0. The maximum Gasteiger partial charge on any atom is 0.419 e. The van der Waals surface area contributed by atoms with Crippen LogP contribution in [0.2, 0.25) is 10.0 Å². The number of nitrogens with one attached hydrogen (secondary N) is 1. The molecule has 1 fully saturated rings. The van der Waals surface area contributed by atoms with Gasteiger partial charge in [-0.1, -0.05) is 42.3 Å². The Balaban J connectivity index is 1.65. The van der Waals surface area contributed by atoms with Crippen LogP contribution in [0, 0.1) is 17.8 Å². The Morgan fingerprint density at radius 3 is 2.63 bits per heavy atom. The summed E-state index contributed by atoms with van der Waals surface area (Å²) in [5.74, 6) is -0.216. The number of methoxy groups -OCH3 is 1. The Morgan fingerprint density at radius 1 is 1.29 bits per heavy atom. The van der Waals surface area contributed by atoms with Crippen molar-refractivity contribution < 1.29 is 18.9 Å². The van der Waals surface area contributed by atoms with Crippen LogP contribution in [0.4, 0.5) is 5.95 Å². The van der Waals surface area contributed by atoms with Gasteiger partial charge in [-0.05, 0) is 50.3 Å². The maximum absolute atomic E-state index is 13.8. The van der Waals surface area contributed by atoms with E-state index in [1.807, 2.05) is 27.7 Å². The number of hydrogen-bond acceptors (Lipinski definition) is 6. The third-order valence-corrected chi connectivity index (χ3v) is 8.31. The van der Waals surface area contributed by atoms with Gasteiger partial charge in [0.15, 0.2) is 12.3 Å². The summed E-state index contributed by atoms with van der Waals surface area (Å²) in [7, 11) is 1.38. The fraction of sp³-hybridized carbons (Fsp3) is 0.464. The smallest absolute Gasteiger partial charge is 0.419 e. The number of amides is 1. The van der Waals surface area contributed by atoms with E-state index in [0.29, 0.717) is 52.2 Å². The Kier molecular flexibility index (Phi) is 8.14. The van der Waals surface area contributed by atoms with Crippen LogP contribution in [0.3, 0.4) is 0 Å². The first-order chi connectivity index (χ1) is 17.9. The van der Waals surface area contributed by atoms with E-state index < -0.39 is 0 Å². The molecule has 1 amide bonds. The minimum absolute atomic E-state index is 0.0299. The monoisotopic (exact) mass is 559 g/mol. The summed E-state index contributed by atoms with van der Waals surface area (Å²) in [5.41, 5.74) is 3.03. The van der Waals surface area contributed by atoms with Crippen molar-refractivity contribution >= 4 is 46.7 Å². The number of nitrogens with zero attached hydrogens (tertiary/aromatic N) is 3. The van der Waals surface area contributed by atoms with E-state index in [-0.39, 0.29) is 47.8 Å². The minimum Gasteiger partial charge on any atom is -0.469 e. The highest BCUT2D eigenvalue weighted by molar-refractivity contribution is 6.42. The Labute approximate surface area is 232 Å². The molecule has 202 valence electrons. The van der Waals surface area contributed by atoms with Crippen LogP contribution >= 0.6 is 23.2 Å². The molecule has 10 heteroatoms. The summed E-state index contributed by atoms with van der Waals surface area (Å²) < 4.78 is 8.26. The second kappa shape index (κ2) is 11.0. The molecule has 0 spiro atoms. The highest BCUT2D eigenvalue weighted by Crippen LogP contribution is 2.47. The van der Waals surface area contributed by atoms with E-state index >= 15 is 0 Å². The zero-order valence-electron chi connectivity index (χ0n) is 22.3. The van der Waals surface area contributed by atoms with Crippen molar-refractivity contribution in [3.8, 4) is 0 Å². The van der Waals surface area contributed by atoms with Crippen molar-refractivity contribution in [2.75, 3.05) is 12.4 Å². The molecule has 1 aliphatic carbocycles. The van der Waals surface area contributed by atoms with Crippen LogP contribution in [-0.4, -0.2) is 44.9 Å². The van der Waals surface area contributed by atoms with Gasteiger partial charge in [0, 0.05) is 19.5 Å². The van der Waals surface area contributed by atoms with Crippen LogP contribution in [0.5, 0.6) is 0 Å². The molecule has 0 radical (unpaired) electrons. The number of anilines is 1. The van der Waals surface area contributed by atoms with E-state index in [4.69, 9.17) is 32.9 Å². The van der Waals surface area contributed by atoms with E-state index in [0.717, 1.165) is 11.3 Å². The fourth-order valence-corrected chi connectivity index (χ4v) is 5.64. The lowest BCUT2D eigenvalue weighted by atomic mass is 9.61. The molecule has 2 aromatic rings. The largest absolute Gasteiger partial charge is 0.469 e. The number of hydrogen-bond donors (Lipinski definition) is 1. The number of ether oxygens (including phenoxy) is 1. The number of fused-ring (bicyclic) bond motifs is 1. The lowest BCUT2D eigenvalue weighted by Gasteiger charge is -2.43. The molecule has 8 nitrogen and oxygen atoms in total. The molecule has 4 rings (SSSR count). The standard InChI is InChI=1S/C28H32Cl2N4O4/c1-14(2)31-28-32-23-13-34(25(35)18-7-8-21(29)22(30)12-18)15(3)11-20(23)26(36)33(28)10-9-19-16(4)17(5)24(19)27(37)38-6/h7-8,12,14,16,19,24H,5,9-11,13H2,1-4,6H3/p+1. The number of esters is 1. The number of carbonyl (C=O) groups excluding carboxylic acids is 2. The summed E-state index contributed by atoms with van der Waals surface area (Å²) in [4.78, 5) is 44.2. The summed E-state index contributed by atoms with van der Waals surface area (Å²) >= 11 is 12.2. The van der Waals surface area contributed by atoms with Gasteiger partial charge in [-0.2, -0.15) is 4.58 Å². The topological polar surface area (TPSA) is 93.3 Å². The number of halogens is 2. The van der Waals surface area contributed by atoms with Crippen LogP contribution in [0.1, 0.15) is 55.7 Å². The SMILES string of the molecule is C=C1C(C)C(CCn2c(NC(C)C)nc3c(c2=O)CC(C)=[N+](C(=O)c2ccc(Cl)c(Cl)c2)C3)C1C(=O)OC. The average molecular weight is 561 g/mol. The minimum atomic E-state index is -0.352. The molecule has 1 aromatic heterocycles. The number of carbonyl (C=O) groups is 2. The fourth-order valence-electron chi connectivity index (χ4n) is 5.34. The lowest BCUT2D eigenvalue weighted by molar-refractivity contribution is -0.450. The maximum atomic E-state index is 13.8. The number of rotatable bonds is 7. The predicted molar refractivity (Wildman–Crippen MR) is 148 cm³/mol. The molecule has 1 aliphatic heterocycles. The molecule has 2 aliphatic rings. The number of aromatic nitrogens is 2. The van der Waals surface area contributed by atoms with Gasteiger partial charge in [0.25, 0.3) is 5.56 Å². The van der Waals surface area contributed by atoms with E-state index in [9.17, 15) is 14.4 Å². The molecular weight excluding hydrogens is 527 g/mol. The van der Waals surface area contributed by atoms with Crippen LogP contribution < -0.4 is 10.9 Å². The second-order valence-electron chi connectivity index (χ2n) is 10.4. The van der Waals surface area contributed by atoms with Crippen molar-refractivity contribution in [3.05, 3.63) is 67.6 Å². The molecule has 0 bridgehead atoms. The van der Waals surface area contributed by atoms with Crippen molar-refractivity contribution in [2.24, 2.45) is 17.8 Å². The first-order valence-corrected chi connectivity index (χ1v) is 13.4. The van der Waals surface area contributed by atoms with Gasteiger partial charge < -0.3 is 10.1 Å². The van der Waals surface area contributed by atoms with Crippen molar-refractivity contribution in [1.82, 2.24) is 9.55 Å². The van der Waals surface area contributed by atoms with Crippen LogP contribution in [-0.2, 0) is 29.0 Å². The van der Waals surface area contributed by atoms with Gasteiger partial charge in [-0.15, -0.1) is 0 Å². The quantitative estimate of drug-likeness (QED) is 0.299. The van der Waals surface area contributed by atoms with Gasteiger partial charge in [0.05, 0.1) is 40.6 Å². The molecular formula is C28H33Cl2N4O4+. The van der Waals surface area contributed by atoms with E-state index in [2.05, 4.69) is 11.9 Å². The highest BCUT2D eigenvalue weighted by Gasteiger charge is 2.46. The molecule has 2 heterocycles. The van der Waals surface area contributed by atoms with Crippen molar-refractivity contribution in [2.45, 2.75) is 59.7 Å².